The zero-order valence-corrected chi connectivity index (χ0v) is 10.5. The van der Waals surface area contributed by atoms with E-state index in [1.165, 1.54) is 6.20 Å². The molecule has 0 amide bonds. The minimum absolute atomic E-state index is 0.150. The summed E-state index contributed by atoms with van der Waals surface area (Å²) in [6, 6.07) is 9.22. The number of hydrogen-bond donors (Lipinski definition) is 2. The summed E-state index contributed by atoms with van der Waals surface area (Å²) in [5, 5.41) is 12.1. The van der Waals surface area contributed by atoms with Gasteiger partial charge in [0.2, 0.25) is 0 Å². The number of carbonyl (C=O) groups is 1. The molecular weight excluding hydrogens is 244 g/mol. The van der Waals surface area contributed by atoms with Crippen LogP contribution in [0.15, 0.2) is 42.7 Å². The third-order valence-corrected chi connectivity index (χ3v) is 2.71. The Bertz CT molecular complexity index is 584. The Morgan fingerprint density at radius 3 is 2.89 bits per heavy atom. The largest absolute Gasteiger partial charge is 0.496 e. The molecule has 0 saturated carbocycles. The van der Waals surface area contributed by atoms with Gasteiger partial charge in [0.15, 0.2) is 0 Å². The topological polar surface area (TPSA) is 71.5 Å². The maximum Gasteiger partial charge on any atom is 0.339 e. The van der Waals surface area contributed by atoms with E-state index in [1.54, 1.807) is 19.4 Å². The molecule has 2 aromatic rings. The van der Waals surface area contributed by atoms with Crippen LogP contribution in [0.1, 0.15) is 15.9 Å². The second kappa shape index (κ2) is 5.86. The molecule has 1 heterocycles. The van der Waals surface area contributed by atoms with E-state index in [2.05, 4.69) is 10.3 Å². The van der Waals surface area contributed by atoms with E-state index in [9.17, 15) is 4.79 Å². The summed E-state index contributed by atoms with van der Waals surface area (Å²) in [6.45, 7) is 0.480. The number of nitrogens with zero attached hydrogens (tertiary/aromatic N) is 1. The van der Waals surface area contributed by atoms with Crippen molar-refractivity contribution in [2.75, 3.05) is 12.4 Å². The highest BCUT2D eigenvalue weighted by Crippen LogP contribution is 2.20. The number of benzene rings is 1. The number of para-hydroxylation sites is 1. The van der Waals surface area contributed by atoms with Crippen LogP contribution < -0.4 is 10.1 Å². The molecule has 0 atom stereocenters. The molecule has 0 radical (unpaired) electrons. The van der Waals surface area contributed by atoms with E-state index in [1.807, 2.05) is 24.3 Å². The molecule has 19 heavy (non-hydrogen) atoms. The van der Waals surface area contributed by atoms with E-state index in [0.29, 0.717) is 12.2 Å². The van der Waals surface area contributed by atoms with E-state index < -0.39 is 5.97 Å². The van der Waals surface area contributed by atoms with Gasteiger partial charge in [-0.3, -0.25) is 4.98 Å². The fourth-order valence-corrected chi connectivity index (χ4v) is 1.76. The zero-order valence-electron chi connectivity index (χ0n) is 10.5. The second-order valence-corrected chi connectivity index (χ2v) is 3.89. The van der Waals surface area contributed by atoms with Crippen LogP contribution >= 0.6 is 0 Å². The number of anilines is 1. The Morgan fingerprint density at radius 2 is 2.16 bits per heavy atom. The monoisotopic (exact) mass is 258 g/mol. The molecule has 2 rings (SSSR count). The number of carboxylic acid groups (broad SMARTS) is 1. The summed E-state index contributed by atoms with van der Waals surface area (Å²) in [7, 11) is 1.61. The van der Waals surface area contributed by atoms with Crippen molar-refractivity contribution >= 4 is 11.7 Å². The van der Waals surface area contributed by atoms with E-state index >= 15 is 0 Å². The smallest absolute Gasteiger partial charge is 0.339 e. The first-order valence-electron chi connectivity index (χ1n) is 5.75. The van der Waals surface area contributed by atoms with Crippen molar-refractivity contribution in [3.63, 3.8) is 0 Å². The number of nitrogens with one attached hydrogen (secondary N) is 1. The van der Waals surface area contributed by atoms with E-state index in [4.69, 9.17) is 9.84 Å². The molecule has 0 fully saturated rings. The first-order valence-corrected chi connectivity index (χ1v) is 5.75. The van der Waals surface area contributed by atoms with Crippen molar-refractivity contribution in [2.45, 2.75) is 6.54 Å². The number of ether oxygens (including phenoxy) is 1. The molecular formula is C14H14N2O3. The molecule has 0 spiro atoms. The van der Waals surface area contributed by atoms with Crippen molar-refractivity contribution in [1.29, 1.82) is 0 Å². The SMILES string of the molecule is COc1ccccc1CNc1ccncc1C(=O)O. The zero-order chi connectivity index (χ0) is 13.7. The number of methoxy groups -OCH3 is 1. The van der Waals surface area contributed by atoms with Crippen molar-refractivity contribution in [3.8, 4) is 5.75 Å². The standard InChI is InChI=1S/C14H14N2O3/c1-19-13-5-3-2-4-10(13)8-16-12-6-7-15-9-11(12)14(17)18/h2-7,9H,8H2,1H3,(H,15,16)(H,17,18). The molecule has 0 saturated heterocycles. The van der Waals surface area contributed by atoms with Crippen LogP contribution in [0.4, 0.5) is 5.69 Å². The number of rotatable bonds is 5. The summed E-state index contributed by atoms with van der Waals surface area (Å²) >= 11 is 0. The van der Waals surface area contributed by atoms with Gasteiger partial charge in [-0.05, 0) is 12.1 Å². The van der Waals surface area contributed by atoms with E-state index in [-0.39, 0.29) is 5.56 Å². The lowest BCUT2D eigenvalue weighted by molar-refractivity contribution is 0.0697. The third kappa shape index (κ3) is 3.01. The van der Waals surface area contributed by atoms with Gasteiger partial charge in [0.05, 0.1) is 12.8 Å². The Hall–Kier alpha value is -2.56. The minimum Gasteiger partial charge on any atom is -0.496 e. The van der Waals surface area contributed by atoms with Crippen molar-refractivity contribution in [1.82, 2.24) is 4.98 Å². The molecule has 0 aliphatic carbocycles. The predicted octanol–water partition coefficient (Wildman–Crippen LogP) is 2.40. The fraction of sp³-hybridized carbons (Fsp3) is 0.143. The summed E-state index contributed by atoms with van der Waals surface area (Å²) in [5.74, 6) is -0.239. The minimum atomic E-state index is -1.00. The number of pyridine rings is 1. The average molecular weight is 258 g/mol. The molecule has 0 unspecified atom stereocenters. The lowest BCUT2D eigenvalue weighted by atomic mass is 10.2. The third-order valence-electron chi connectivity index (χ3n) is 2.71. The van der Waals surface area contributed by atoms with Gasteiger partial charge in [0.1, 0.15) is 11.3 Å². The lowest BCUT2D eigenvalue weighted by Crippen LogP contribution is -2.07. The summed E-state index contributed by atoms with van der Waals surface area (Å²) < 4.78 is 5.24. The molecule has 1 aromatic carbocycles. The first kappa shape index (κ1) is 12.9. The Labute approximate surface area is 110 Å². The van der Waals surface area contributed by atoms with Crippen molar-refractivity contribution < 1.29 is 14.6 Å². The molecule has 1 aromatic heterocycles. The first-order chi connectivity index (χ1) is 9.22. The molecule has 98 valence electrons. The van der Waals surface area contributed by atoms with Crippen LogP contribution in [0.5, 0.6) is 5.75 Å². The maximum absolute atomic E-state index is 11.1. The summed E-state index contributed by atoms with van der Waals surface area (Å²) in [5.41, 5.74) is 1.64. The van der Waals surface area contributed by atoms with Gasteiger partial charge in [-0.25, -0.2) is 4.79 Å². The maximum atomic E-state index is 11.1. The van der Waals surface area contributed by atoms with Gasteiger partial charge in [0.25, 0.3) is 0 Å². The molecule has 0 aliphatic rings. The van der Waals surface area contributed by atoms with Gasteiger partial charge in [0, 0.05) is 24.5 Å². The lowest BCUT2D eigenvalue weighted by Gasteiger charge is -2.11. The van der Waals surface area contributed by atoms with Crippen LogP contribution in [0.2, 0.25) is 0 Å². The molecule has 5 heteroatoms. The second-order valence-electron chi connectivity index (χ2n) is 3.89. The highest BCUT2D eigenvalue weighted by Gasteiger charge is 2.10. The van der Waals surface area contributed by atoms with Crippen molar-refractivity contribution in [3.05, 3.63) is 53.9 Å². The molecule has 0 aliphatic heterocycles. The molecule has 0 bridgehead atoms. The van der Waals surface area contributed by atoms with Gasteiger partial charge in [-0.15, -0.1) is 0 Å². The number of aromatic carboxylic acids is 1. The van der Waals surface area contributed by atoms with Gasteiger partial charge < -0.3 is 15.2 Å². The van der Waals surface area contributed by atoms with E-state index in [0.717, 1.165) is 11.3 Å². The molecule has 2 N–H and O–H groups in total. The van der Waals surface area contributed by atoms with Crippen LogP contribution in [-0.2, 0) is 6.54 Å². The highest BCUT2D eigenvalue weighted by molar-refractivity contribution is 5.93. The number of aromatic nitrogens is 1. The average Bonchev–Trinajstić information content (AvgIpc) is 2.45. The highest BCUT2D eigenvalue weighted by atomic mass is 16.5. The summed E-state index contributed by atoms with van der Waals surface area (Å²) in [6.07, 6.45) is 2.88. The normalized spacial score (nSPS) is 9.95. The predicted molar refractivity (Wildman–Crippen MR) is 71.5 cm³/mol. The van der Waals surface area contributed by atoms with Gasteiger partial charge in [-0.2, -0.15) is 0 Å². The van der Waals surface area contributed by atoms with Crippen molar-refractivity contribution in [2.24, 2.45) is 0 Å². The van der Waals surface area contributed by atoms with Crippen LogP contribution in [0.25, 0.3) is 0 Å². The number of carboxylic acids is 1. The van der Waals surface area contributed by atoms with Gasteiger partial charge in [-0.1, -0.05) is 18.2 Å². The Kier molecular flexibility index (Phi) is 3.97. The Morgan fingerprint density at radius 1 is 1.37 bits per heavy atom. The fourth-order valence-electron chi connectivity index (χ4n) is 1.76. The van der Waals surface area contributed by atoms with Crippen LogP contribution in [0.3, 0.4) is 0 Å². The van der Waals surface area contributed by atoms with Crippen LogP contribution in [0, 0.1) is 0 Å². The summed E-state index contributed by atoms with van der Waals surface area (Å²) in [4.78, 5) is 14.9. The quantitative estimate of drug-likeness (QED) is 0.861. The Balaban J connectivity index is 2.17. The number of hydrogen-bond acceptors (Lipinski definition) is 4. The van der Waals surface area contributed by atoms with Crippen LogP contribution in [-0.4, -0.2) is 23.2 Å². The van der Waals surface area contributed by atoms with Gasteiger partial charge >= 0.3 is 5.97 Å². The molecule has 5 nitrogen and oxygen atoms in total.